The molecule has 1 saturated heterocycles. The largest absolute Gasteiger partial charge is 0.507 e. The number of aromatic hydroxyl groups is 1. The zero-order valence-corrected chi connectivity index (χ0v) is 15.5. The van der Waals surface area contributed by atoms with Crippen LogP contribution >= 0.6 is 12.4 Å². The van der Waals surface area contributed by atoms with Crippen molar-refractivity contribution in [3.05, 3.63) is 28.8 Å². The van der Waals surface area contributed by atoms with E-state index in [4.69, 9.17) is 0 Å². The molecule has 0 aliphatic carbocycles. The molecule has 1 atom stereocenters. The van der Waals surface area contributed by atoms with Gasteiger partial charge in [-0.25, -0.2) is 0 Å². The van der Waals surface area contributed by atoms with Gasteiger partial charge in [-0.3, -0.25) is 0 Å². The number of phenolic OH excluding ortho intramolecular Hbond substituents is 1. The van der Waals surface area contributed by atoms with Gasteiger partial charge in [0, 0.05) is 31.2 Å². The van der Waals surface area contributed by atoms with Crippen LogP contribution in [0.2, 0.25) is 0 Å². The lowest BCUT2D eigenvalue weighted by atomic mass is 9.78. The molecule has 22 heavy (non-hydrogen) atoms. The minimum absolute atomic E-state index is 0. The maximum absolute atomic E-state index is 10.8. The molecule has 3 nitrogen and oxygen atoms in total. The summed E-state index contributed by atoms with van der Waals surface area (Å²) in [6.45, 7) is 15.9. The molecule has 0 aromatic heterocycles. The number of rotatable bonds is 1. The third-order valence-corrected chi connectivity index (χ3v) is 4.23. The van der Waals surface area contributed by atoms with Crippen LogP contribution in [-0.2, 0) is 10.8 Å². The Morgan fingerprint density at radius 3 is 2.09 bits per heavy atom. The van der Waals surface area contributed by atoms with Gasteiger partial charge in [-0.2, -0.15) is 0 Å². The van der Waals surface area contributed by atoms with Gasteiger partial charge in [0.1, 0.15) is 5.75 Å². The van der Waals surface area contributed by atoms with Crippen molar-refractivity contribution in [2.24, 2.45) is 0 Å². The molecule has 1 heterocycles. The van der Waals surface area contributed by atoms with Crippen LogP contribution < -0.4 is 10.6 Å². The number of benzene rings is 1. The standard InChI is InChI=1S/C18H30N2O.ClH/c1-17(2,3)12-9-13(15-11-19-7-8-20-15)16(21)14(10-12)18(4,5)6;/h9-10,15,19-21H,7-8,11H2,1-6H3;1H/t15-;/m0./s1. The van der Waals surface area contributed by atoms with Gasteiger partial charge in [0.2, 0.25) is 0 Å². The van der Waals surface area contributed by atoms with Crippen LogP contribution in [0.1, 0.15) is 64.3 Å². The summed E-state index contributed by atoms with van der Waals surface area (Å²) in [6.07, 6.45) is 0. The molecule has 0 amide bonds. The molecule has 3 N–H and O–H groups in total. The molecule has 1 fully saturated rings. The quantitative estimate of drug-likeness (QED) is 0.738. The lowest BCUT2D eigenvalue weighted by molar-refractivity contribution is 0.393. The zero-order valence-electron chi connectivity index (χ0n) is 14.7. The minimum atomic E-state index is -0.0673. The van der Waals surface area contributed by atoms with E-state index in [0.717, 1.165) is 30.8 Å². The monoisotopic (exact) mass is 326 g/mol. The molecule has 0 radical (unpaired) electrons. The van der Waals surface area contributed by atoms with E-state index >= 15 is 0 Å². The minimum Gasteiger partial charge on any atom is -0.507 e. The van der Waals surface area contributed by atoms with E-state index in [2.05, 4.69) is 64.3 Å². The molecule has 0 unspecified atom stereocenters. The fourth-order valence-electron chi connectivity index (χ4n) is 2.80. The highest BCUT2D eigenvalue weighted by atomic mass is 35.5. The van der Waals surface area contributed by atoms with Gasteiger partial charge in [-0.1, -0.05) is 47.6 Å². The maximum atomic E-state index is 10.8. The summed E-state index contributed by atoms with van der Waals surface area (Å²) < 4.78 is 0. The van der Waals surface area contributed by atoms with Crippen LogP contribution in [0.5, 0.6) is 5.75 Å². The fraction of sp³-hybridized carbons (Fsp3) is 0.667. The Kier molecular flexibility index (Phi) is 5.94. The third kappa shape index (κ3) is 4.15. The molecule has 126 valence electrons. The smallest absolute Gasteiger partial charge is 0.124 e. The Bertz CT molecular complexity index is 509. The average molecular weight is 327 g/mol. The molecule has 4 heteroatoms. The van der Waals surface area contributed by atoms with E-state index in [1.807, 2.05) is 0 Å². The van der Waals surface area contributed by atoms with Gasteiger partial charge in [0.25, 0.3) is 0 Å². The second-order valence-corrected chi connectivity index (χ2v) is 8.17. The zero-order chi connectivity index (χ0) is 15.8. The van der Waals surface area contributed by atoms with Gasteiger partial charge in [-0.05, 0) is 28.0 Å². The fourth-order valence-corrected chi connectivity index (χ4v) is 2.80. The molecule has 0 saturated carbocycles. The van der Waals surface area contributed by atoms with E-state index in [0.29, 0.717) is 5.75 Å². The van der Waals surface area contributed by atoms with Crippen LogP contribution in [-0.4, -0.2) is 24.7 Å². The molecular weight excluding hydrogens is 296 g/mol. The Morgan fingerprint density at radius 2 is 1.64 bits per heavy atom. The van der Waals surface area contributed by atoms with Gasteiger partial charge >= 0.3 is 0 Å². The molecule has 1 aromatic carbocycles. The van der Waals surface area contributed by atoms with Crippen molar-refractivity contribution in [2.45, 2.75) is 58.4 Å². The summed E-state index contributed by atoms with van der Waals surface area (Å²) in [6, 6.07) is 4.53. The van der Waals surface area contributed by atoms with Crippen molar-refractivity contribution >= 4 is 12.4 Å². The number of nitrogens with one attached hydrogen (secondary N) is 2. The third-order valence-electron chi connectivity index (χ3n) is 4.23. The van der Waals surface area contributed by atoms with Gasteiger partial charge < -0.3 is 15.7 Å². The van der Waals surface area contributed by atoms with Crippen molar-refractivity contribution in [3.63, 3.8) is 0 Å². The van der Waals surface area contributed by atoms with Gasteiger partial charge in [0.15, 0.2) is 0 Å². The van der Waals surface area contributed by atoms with E-state index in [1.165, 1.54) is 5.56 Å². The Hall–Kier alpha value is -0.770. The number of halogens is 1. The molecular formula is C18H31ClN2O. The highest BCUT2D eigenvalue weighted by Gasteiger charge is 2.28. The van der Waals surface area contributed by atoms with Crippen LogP contribution in [0.25, 0.3) is 0 Å². The Morgan fingerprint density at radius 1 is 1.00 bits per heavy atom. The molecule has 1 aliphatic heterocycles. The summed E-state index contributed by atoms with van der Waals surface area (Å²) in [5.41, 5.74) is 3.36. The number of hydrogen-bond donors (Lipinski definition) is 3. The molecule has 1 aliphatic rings. The first-order valence-electron chi connectivity index (χ1n) is 7.92. The van der Waals surface area contributed by atoms with Crippen LogP contribution in [0.4, 0.5) is 0 Å². The predicted octanol–water partition coefficient (Wildman–Crippen LogP) is 3.64. The van der Waals surface area contributed by atoms with Crippen LogP contribution in [0.15, 0.2) is 12.1 Å². The second kappa shape index (κ2) is 6.77. The van der Waals surface area contributed by atoms with Crippen molar-refractivity contribution in [3.8, 4) is 5.75 Å². The van der Waals surface area contributed by atoms with E-state index in [-0.39, 0.29) is 29.3 Å². The van der Waals surface area contributed by atoms with Crippen molar-refractivity contribution in [1.82, 2.24) is 10.6 Å². The van der Waals surface area contributed by atoms with Crippen molar-refractivity contribution in [1.29, 1.82) is 0 Å². The number of piperazine rings is 1. The van der Waals surface area contributed by atoms with Crippen molar-refractivity contribution in [2.75, 3.05) is 19.6 Å². The Labute approximate surface area is 141 Å². The molecule has 0 spiro atoms. The normalized spacial score (nSPS) is 19.6. The SMILES string of the molecule is CC(C)(C)c1cc([C@@H]2CNCCN2)c(O)c(C(C)(C)C)c1.Cl. The first kappa shape index (κ1) is 19.3. The topological polar surface area (TPSA) is 44.3 Å². The van der Waals surface area contributed by atoms with E-state index in [1.54, 1.807) is 0 Å². The number of hydrogen-bond acceptors (Lipinski definition) is 3. The van der Waals surface area contributed by atoms with Gasteiger partial charge in [-0.15, -0.1) is 12.4 Å². The Balaban J connectivity index is 0.00000242. The molecule has 1 aromatic rings. The molecule has 2 rings (SSSR count). The lowest BCUT2D eigenvalue weighted by Crippen LogP contribution is -2.42. The van der Waals surface area contributed by atoms with E-state index < -0.39 is 0 Å². The summed E-state index contributed by atoms with van der Waals surface area (Å²) >= 11 is 0. The lowest BCUT2D eigenvalue weighted by Gasteiger charge is -2.31. The first-order valence-corrected chi connectivity index (χ1v) is 7.92. The summed E-state index contributed by atoms with van der Waals surface area (Å²) in [5, 5.41) is 17.7. The highest BCUT2D eigenvalue weighted by molar-refractivity contribution is 5.85. The number of phenols is 1. The first-order chi connectivity index (χ1) is 9.60. The van der Waals surface area contributed by atoms with Crippen molar-refractivity contribution < 1.29 is 5.11 Å². The second-order valence-electron chi connectivity index (χ2n) is 8.17. The van der Waals surface area contributed by atoms with E-state index in [9.17, 15) is 5.11 Å². The predicted molar refractivity (Wildman–Crippen MR) is 96.4 cm³/mol. The van der Waals surface area contributed by atoms with Crippen LogP contribution in [0.3, 0.4) is 0 Å². The average Bonchev–Trinajstić information content (AvgIpc) is 2.37. The highest BCUT2D eigenvalue weighted by Crippen LogP contribution is 2.39. The summed E-state index contributed by atoms with van der Waals surface area (Å²) in [4.78, 5) is 0. The maximum Gasteiger partial charge on any atom is 0.124 e. The summed E-state index contributed by atoms with van der Waals surface area (Å²) in [5.74, 6) is 0.455. The van der Waals surface area contributed by atoms with Crippen LogP contribution in [0, 0.1) is 0 Å². The van der Waals surface area contributed by atoms with Gasteiger partial charge in [0.05, 0.1) is 0 Å². The summed E-state index contributed by atoms with van der Waals surface area (Å²) in [7, 11) is 0. The molecule has 0 bridgehead atoms.